The summed E-state index contributed by atoms with van der Waals surface area (Å²) >= 11 is 0. The van der Waals surface area contributed by atoms with E-state index >= 15 is 0 Å². The first kappa shape index (κ1) is 12.3. The number of rotatable bonds is 3. The molecule has 0 bridgehead atoms. The van der Waals surface area contributed by atoms with Crippen LogP contribution in [0, 0.1) is 11.8 Å². The van der Waals surface area contributed by atoms with E-state index < -0.39 is 0 Å². The number of aliphatic hydroxyl groups is 1. The summed E-state index contributed by atoms with van der Waals surface area (Å²) in [6.07, 6.45) is 3.25. The molecule has 2 aliphatic rings. The second-order valence-electron chi connectivity index (χ2n) is 6.01. The van der Waals surface area contributed by atoms with Gasteiger partial charge >= 0.3 is 0 Å². The van der Waals surface area contributed by atoms with Crippen LogP contribution >= 0.6 is 0 Å². The van der Waals surface area contributed by atoms with Gasteiger partial charge in [-0.2, -0.15) is 0 Å². The molecule has 3 heteroatoms. The molecular formula is C13H26N2O. The van der Waals surface area contributed by atoms with Gasteiger partial charge in [0.25, 0.3) is 0 Å². The first-order chi connectivity index (χ1) is 7.56. The Morgan fingerprint density at radius 2 is 1.94 bits per heavy atom. The first-order valence-corrected chi connectivity index (χ1v) is 6.68. The summed E-state index contributed by atoms with van der Waals surface area (Å²) in [7, 11) is 2.22. The molecule has 2 rings (SSSR count). The van der Waals surface area contributed by atoms with E-state index in [1.807, 2.05) is 0 Å². The Kier molecular flexibility index (Phi) is 3.88. The van der Waals surface area contributed by atoms with Crippen LogP contribution in [0.2, 0.25) is 0 Å². The number of hydrogen-bond donors (Lipinski definition) is 2. The van der Waals surface area contributed by atoms with Gasteiger partial charge in [0.1, 0.15) is 0 Å². The molecule has 0 aromatic heterocycles. The van der Waals surface area contributed by atoms with E-state index in [4.69, 9.17) is 0 Å². The average molecular weight is 226 g/mol. The van der Waals surface area contributed by atoms with Gasteiger partial charge in [-0.05, 0) is 51.6 Å². The Balaban J connectivity index is 1.72. The van der Waals surface area contributed by atoms with Crippen molar-refractivity contribution in [3.05, 3.63) is 0 Å². The molecule has 1 heterocycles. The molecule has 0 amide bonds. The lowest BCUT2D eigenvalue weighted by Crippen LogP contribution is -2.52. The van der Waals surface area contributed by atoms with Gasteiger partial charge in [0, 0.05) is 18.6 Å². The van der Waals surface area contributed by atoms with E-state index in [-0.39, 0.29) is 6.10 Å². The zero-order valence-electron chi connectivity index (χ0n) is 10.8. The molecule has 2 N–H and O–H groups in total. The highest BCUT2D eigenvalue weighted by Gasteiger charge is 2.31. The Morgan fingerprint density at radius 1 is 1.25 bits per heavy atom. The Labute approximate surface area is 99.2 Å². The first-order valence-electron chi connectivity index (χ1n) is 6.68. The third-order valence-corrected chi connectivity index (χ3v) is 4.49. The molecule has 0 spiro atoms. The predicted molar refractivity (Wildman–Crippen MR) is 66.4 cm³/mol. The molecule has 3 unspecified atom stereocenters. The fourth-order valence-corrected chi connectivity index (χ4v) is 3.01. The van der Waals surface area contributed by atoms with Gasteiger partial charge in [-0.15, -0.1) is 0 Å². The lowest BCUT2D eigenvalue weighted by molar-refractivity contribution is 0.0371. The number of hydrogen-bond acceptors (Lipinski definition) is 3. The molecule has 94 valence electrons. The quantitative estimate of drug-likeness (QED) is 0.756. The van der Waals surface area contributed by atoms with Crippen molar-refractivity contribution >= 4 is 0 Å². The van der Waals surface area contributed by atoms with E-state index in [1.54, 1.807) is 0 Å². The summed E-state index contributed by atoms with van der Waals surface area (Å²) < 4.78 is 0. The maximum atomic E-state index is 9.25. The smallest absolute Gasteiger partial charge is 0.0546 e. The molecule has 16 heavy (non-hydrogen) atoms. The van der Waals surface area contributed by atoms with Gasteiger partial charge < -0.3 is 15.3 Å². The third kappa shape index (κ3) is 2.76. The van der Waals surface area contributed by atoms with E-state index in [0.29, 0.717) is 12.1 Å². The van der Waals surface area contributed by atoms with E-state index in [9.17, 15) is 5.11 Å². The van der Waals surface area contributed by atoms with Crippen LogP contribution in [0.4, 0.5) is 0 Å². The standard InChI is InChI=1S/C13H26N2O/c1-9-8-15(3)10(2)4-13(9)14-7-11-5-12(16)6-11/h9-14,16H,4-8H2,1-3H3. The third-order valence-electron chi connectivity index (χ3n) is 4.49. The van der Waals surface area contributed by atoms with Crippen molar-refractivity contribution in [2.24, 2.45) is 11.8 Å². The molecular weight excluding hydrogens is 200 g/mol. The lowest BCUT2D eigenvalue weighted by atomic mass is 9.81. The highest BCUT2D eigenvalue weighted by atomic mass is 16.3. The van der Waals surface area contributed by atoms with Crippen molar-refractivity contribution in [3.63, 3.8) is 0 Å². The van der Waals surface area contributed by atoms with Gasteiger partial charge in [0.15, 0.2) is 0 Å². The van der Waals surface area contributed by atoms with Crippen molar-refractivity contribution in [3.8, 4) is 0 Å². The normalized spacial score (nSPS) is 45.4. The minimum atomic E-state index is -0.0133. The minimum Gasteiger partial charge on any atom is -0.393 e. The maximum Gasteiger partial charge on any atom is 0.0546 e. The maximum absolute atomic E-state index is 9.25. The second-order valence-corrected chi connectivity index (χ2v) is 6.01. The molecule has 3 nitrogen and oxygen atoms in total. The van der Waals surface area contributed by atoms with Gasteiger partial charge in [0.05, 0.1) is 6.10 Å². The van der Waals surface area contributed by atoms with Crippen molar-refractivity contribution in [2.45, 2.75) is 51.3 Å². The van der Waals surface area contributed by atoms with Gasteiger partial charge in [-0.3, -0.25) is 0 Å². The van der Waals surface area contributed by atoms with Crippen LogP contribution in [0.5, 0.6) is 0 Å². The molecule has 1 saturated carbocycles. The van der Waals surface area contributed by atoms with Crippen LogP contribution in [-0.4, -0.2) is 48.3 Å². The number of nitrogens with zero attached hydrogens (tertiary/aromatic N) is 1. The summed E-state index contributed by atoms with van der Waals surface area (Å²) in [5.74, 6) is 1.46. The number of aliphatic hydroxyl groups excluding tert-OH is 1. The summed E-state index contributed by atoms with van der Waals surface area (Å²) in [4.78, 5) is 2.45. The van der Waals surface area contributed by atoms with Crippen molar-refractivity contribution < 1.29 is 5.11 Å². The fourth-order valence-electron chi connectivity index (χ4n) is 3.01. The van der Waals surface area contributed by atoms with E-state index in [1.165, 1.54) is 13.0 Å². The highest BCUT2D eigenvalue weighted by Crippen LogP contribution is 2.27. The minimum absolute atomic E-state index is 0.0133. The average Bonchev–Trinajstić information content (AvgIpc) is 2.18. The van der Waals surface area contributed by atoms with Crippen molar-refractivity contribution in [1.29, 1.82) is 0 Å². The predicted octanol–water partition coefficient (Wildman–Crippen LogP) is 1.08. The molecule has 0 aromatic carbocycles. The molecule has 1 aliphatic heterocycles. The monoisotopic (exact) mass is 226 g/mol. The lowest BCUT2D eigenvalue weighted by Gasteiger charge is -2.41. The second kappa shape index (κ2) is 5.03. The van der Waals surface area contributed by atoms with Crippen molar-refractivity contribution in [2.75, 3.05) is 20.1 Å². The summed E-state index contributed by atoms with van der Waals surface area (Å²) in [6.45, 7) is 6.96. The van der Waals surface area contributed by atoms with E-state index in [0.717, 1.165) is 31.2 Å². The summed E-state index contributed by atoms with van der Waals surface area (Å²) in [5, 5.41) is 13.0. The van der Waals surface area contributed by atoms with E-state index in [2.05, 4.69) is 31.1 Å². The molecule has 3 atom stereocenters. The van der Waals surface area contributed by atoms with Crippen LogP contribution in [-0.2, 0) is 0 Å². The Morgan fingerprint density at radius 3 is 2.56 bits per heavy atom. The van der Waals surface area contributed by atoms with Crippen LogP contribution in [0.1, 0.15) is 33.1 Å². The fraction of sp³-hybridized carbons (Fsp3) is 1.00. The van der Waals surface area contributed by atoms with Crippen molar-refractivity contribution in [1.82, 2.24) is 10.2 Å². The Hall–Kier alpha value is -0.120. The number of piperidine rings is 1. The van der Waals surface area contributed by atoms with Crippen LogP contribution in [0.15, 0.2) is 0 Å². The molecule has 1 aliphatic carbocycles. The van der Waals surface area contributed by atoms with Crippen LogP contribution in [0.25, 0.3) is 0 Å². The zero-order valence-corrected chi connectivity index (χ0v) is 10.8. The molecule has 1 saturated heterocycles. The molecule has 2 fully saturated rings. The number of nitrogens with one attached hydrogen (secondary N) is 1. The Bertz CT molecular complexity index is 228. The van der Waals surface area contributed by atoms with Gasteiger partial charge in [-0.1, -0.05) is 6.92 Å². The van der Waals surface area contributed by atoms with Crippen LogP contribution in [0.3, 0.4) is 0 Å². The largest absolute Gasteiger partial charge is 0.393 e. The van der Waals surface area contributed by atoms with Gasteiger partial charge in [-0.25, -0.2) is 0 Å². The SMILES string of the molecule is CC1CN(C)C(C)CC1NCC1CC(O)C1. The zero-order chi connectivity index (χ0) is 11.7. The van der Waals surface area contributed by atoms with Gasteiger partial charge in [0.2, 0.25) is 0 Å². The topological polar surface area (TPSA) is 35.5 Å². The molecule has 0 aromatic rings. The number of likely N-dealkylation sites (tertiary alicyclic amines) is 1. The summed E-state index contributed by atoms with van der Waals surface area (Å²) in [6, 6.07) is 1.37. The van der Waals surface area contributed by atoms with Crippen LogP contribution < -0.4 is 5.32 Å². The summed E-state index contributed by atoms with van der Waals surface area (Å²) in [5.41, 5.74) is 0. The molecule has 0 radical (unpaired) electrons. The highest BCUT2D eigenvalue weighted by molar-refractivity contribution is 4.88.